The summed E-state index contributed by atoms with van der Waals surface area (Å²) in [5.41, 5.74) is 0.845. The number of rotatable bonds is 5. The van der Waals surface area contributed by atoms with E-state index >= 15 is 0 Å². The van der Waals surface area contributed by atoms with Gasteiger partial charge in [0.05, 0.1) is 11.4 Å². The minimum atomic E-state index is -0.333. The Balaban J connectivity index is 2.00. The molecule has 1 heterocycles. The number of hydrogen-bond donors (Lipinski definition) is 2. The number of aromatic nitrogens is 3. The molecule has 0 spiro atoms. The highest BCUT2D eigenvalue weighted by Gasteiger charge is 2.11. The van der Waals surface area contributed by atoms with Crippen molar-refractivity contribution in [3.63, 3.8) is 0 Å². The first-order valence-electron chi connectivity index (χ1n) is 6.43. The van der Waals surface area contributed by atoms with Crippen molar-refractivity contribution in [1.29, 1.82) is 0 Å². The first-order valence-corrected chi connectivity index (χ1v) is 7.42. The van der Waals surface area contributed by atoms with Gasteiger partial charge < -0.3 is 5.32 Å². The summed E-state index contributed by atoms with van der Waals surface area (Å²) in [6.45, 7) is 2.98. The Bertz CT molecular complexity index is 773. The summed E-state index contributed by atoms with van der Waals surface area (Å²) in [5.74, 6) is -0.390. The third-order valence-corrected chi connectivity index (χ3v) is 3.62. The number of benzene rings is 1. The summed E-state index contributed by atoms with van der Waals surface area (Å²) < 4.78 is 0. The Morgan fingerprint density at radius 2 is 2.00 bits per heavy atom. The van der Waals surface area contributed by atoms with Gasteiger partial charge in [-0.15, -0.1) is 10.2 Å². The van der Waals surface area contributed by atoms with Crippen molar-refractivity contribution in [2.24, 2.45) is 0 Å². The highest BCUT2D eigenvalue weighted by atomic mass is 32.2. The van der Waals surface area contributed by atoms with Gasteiger partial charge in [0.25, 0.3) is 5.56 Å². The lowest BCUT2D eigenvalue weighted by Gasteiger charge is -2.08. The largest absolute Gasteiger partial charge is 0.325 e. The Morgan fingerprint density at radius 3 is 2.68 bits per heavy atom. The fourth-order valence-electron chi connectivity index (χ4n) is 1.66. The lowest BCUT2D eigenvalue weighted by atomic mass is 10.1. The number of anilines is 1. The molecule has 8 heteroatoms. The van der Waals surface area contributed by atoms with E-state index in [1.807, 2.05) is 0 Å². The van der Waals surface area contributed by atoms with Crippen LogP contribution in [-0.4, -0.2) is 32.6 Å². The summed E-state index contributed by atoms with van der Waals surface area (Å²) in [6.07, 6.45) is 0. The molecule has 2 rings (SSSR count). The van der Waals surface area contributed by atoms with Crippen LogP contribution in [0.25, 0.3) is 0 Å². The standard InChI is InChI=1S/C14H14N4O3S/c1-8-13(21)16-14(18-17-8)22-7-12(20)15-11-6-4-3-5-10(11)9(2)19/h3-6H,7H2,1-2H3,(H,15,20)(H,16,18,21). The highest BCUT2D eigenvalue weighted by molar-refractivity contribution is 7.99. The molecule has 1 aromatic carbocycles. The van der Waals surface area contributed by atoms with Crippen LogP contribution in [-0.2, 0) is 4.79 Å². The van der Waals surface area contributed by atoms with Crippen LogP contribution in [0.3, 0.4) is 0 Å². The van der Waals surface area contributed by atoms with Crippen molar-refractivity contribution in [3.05, 3.63) is 45.9 Å². The molecule has 1 amide bonds. The van der Waals surface area contributed by atoms with Crippen molar-refractivity contribution in [2.75, 3.05) is 11.1 Å². The summed E-state index contributed by atoms with van der Waals surface area (Å²) in [5, 5.41) is 10.4. The van der Waals surface area contributed by atoms with Crippen molar-refractivity contribution in [2.45, 2.75) is 19.0 Å². The number of amides is 1. The molecule has 114 valence electrons. The molecular formula is C14H14N4O3S. The van der Waals surface area contributed by atoms with Gasteiger partial charge in [-0.1, -0.05) is 23.9 Å². The average molecular weight is 318 g/mol. The fraction of sp³-hybridized carbons (Fsp3) is 0.214. The van der Waals surface area contributed by atoms with E-state index in [1.54, 1.807) is 31.2 Å². The molecule has 0 radical (unpaired) electrons. The maximum Gasteiger partial charge on any atom is 0.273 e. The van der Waals surface area contributed by atoms with Crippen molar-refractivity contribution in [1.82, 2.24) is 15.2 Å². The number of para-hydroxylation sites is 1. The lowest BCUT2D eigenvalue weighted by molar-refractivity contribution is -0.113. The van der Waals surface area contributed by atoms with Crippen LogP contribution in [0, 0.1) is 6.92 Å². The Morgan fingerprint density at radius 1 is 1.27 bits per heavy atom. The fourth-order valence-corrected chi connectivity index (χ4v) is 2.27. The van der Waals surface area contributed by atoms with E-state index in [9.17, 15) is 14.4 Å². The predicted molar refractivity (Wildman–Crippen MR) is 83.2 cm³/mol. The van der Waals surface area contributed by atoms with E-state index in [2.05, 4.69) is 20.5 Å². The number of aryl methyl sites for hydroxylation is 1. The molecule has 0 atom stereocenters. The van der Waals surface area contributed by atoms with Gasteiger partial charge in [0.15, 0.2) is 10.9 Å². The van der Waals surface area contributed by atoms with Gasteiger partial charge in [-0.05, 0) is 26.0 Å². The Kier molecular flexibility index (Phi) is 5.05. The molecule has 2 N–H and O–H groups in total. The van der Waals surface area contributed by atoms with Crippen molar-refractivity contribution in [3.8, 4) is 0 Å². The molecular weight excluding hydrogens is 304 g/mol. The zero-order chi connectivity index (χ0) is 16.1. The SMILES string of the molecule is CC(=O)c1ccccc1NC(=O)CSc1nnc(C)c(=O)[nH]1. The smallest absolute Gasteiger partial charge is 0.273 e. The zero-order valence-corrected chi connectivity index (χ0v) is 12.9. The minimum Gasteiger partial charge on any atom is -0.325 e. The molecule has 0 aliphatic heterocycles. The van der Waals surface area contributed by atoms with Crippen molar-refractivity contribution >= 4 is 29.1 Å². The monoisotopic (exact) mass is 318 g/mol. The van der Waals surface area contributed by atoms with Gasteiger partial charge in [0.2, 0.25) is 5.91 Å². The van der Waals surface area contributed by atoms with E-state index < -0.39 is 0 Å². The van der Waals surface area contributed by atoms with E-state index in [1.165, 1.54) is 6.92 Å². The predicted octanol–water partition coefficient (Wildman–Crippen LogP) is 1.41. The van der Waals surface area contributed by atoms with E-state index in [0.717, 1.165) is 11.8 Å². The minimum absolute atomic E-state index is 0.0416. The second kappa shape index (κ2) is 6.99. The van der Waals surface area contributed by atoms with Crippen LogP contribution in [0.1, 0.15) is 23.0 Å². The van der Waals surface area contributed by atoms with Gasteiger partial charge >= 0.3 is 0 Å². The molecule has 0 aliphatic carbocycles. The number of hydrogen-bond acceptors (Lipinski definition) is 6. The van der Waals surface area contributed by atoms with Gasteiger partial charge in [-0.25, -0.2) is 0 Å². The number of aromatic amines is 1. The third kappa shape index (κ3) is 4.01. The molecule has 2 aromatic rings. The van der Waals surface area contributed by atoms with Crippen LogP contribution < -0.4 is 10.9 Å². The summed E-state index contributed by atoms with van der Waals surface area (Å²) in [6, 6.07) is 6.77. The first kappa shape index (κ1) is 15.9. The Labute approximate surface area is 130 Å². The number of carbonyl (C=O) groups is 2. The number of Topliss-reactive ketones (excluding diaryl/α,β-unsaturated/α-hetero) is 1. The number of nitrogens with zero attached hydrogens (tertiary/aromatic N) is 2. The first-order chi connectivity index (χ1) is 10.5. The topological polar surface area (TPSA) is 105 Å². The lowest BCUT2D eigenvalue weighted by Crippen LogP contribution is -2.18. The van der Waals surface area contributed by atoms with Gasteiger partial charge in [0.1, 0.15) is 5.69 Å². The second-order valence-electron chi connectivity index (χ2n) is 4.48. The molecule has 0 aliphatic rings. The molecule has 1 aromatic heterocycles. The average Bonchev–Trinajstić information content (AvgIpc) is 2.49. The second-order valence-corrected chi connectivity index (χ2v) is 5.45. The zero-order valence-electron chi connectivity index (χ0n) is 12.0. The molecule has 0 unspecified atom stereocenters. The van der Waals surface area contributed by atoms with Gasteiger partial charge in [0, 0.05) is 5.56 Å². The van der Waals surface area contributed by atoms with Crippen molar-refractivity contribution < 1.29 is 9.59 Å². The highest BCUT2D eigenvalue weighted by Crippen LogP contribution is 2.17. The number of H-pyrrole nitrogens is 1. The number of thioether (sulfide) groups is 1. The molecule has 0 fully saturated rings. The Hall–Kier alpha value is -2.48. The number of ketones is 1. The van der Waals surface area contributed by atoms with E-state index in [4.69, 9.17) is 0 Å². The molecule has 0 saturated carbocycles. The maximum atomic E-state index is 11.9. The van der Waals surface area contributed by atoms with Crippen LogP contribution in [0.4, 0.5) is 5.69 Å². The molecule has 0 bridgehead atoms. The molecule has 7 nitrogen and oxygen atoms in total. The van der Waals surface area contributed by atoms with Crippen LogP contribution >= 0.6 is 11.8 Å². The number of carbonyl (C=O) groups excluding carboxylic acids is 2. The van der Waals surface area contributed by atoms with Crippen LogP contribution in [0.2, 0.25) is 0 Å². The van der Waals surface area contributed by atoms with E-state index in [0.29, 0.717) is 11.3 Å². The number of nitrogens with one attached hydrogen (secondary N) is 2. The molecule has 0 saturated heterocycles. The van der Waals surface area contributed by atoms with Crippen LogP contribution in [0.15, 0.2) is 34.2 Å². The van der Waals surface area contributed by atoms with E-state index in [-0.39, 0.29) is 33.9 Å². The third-order valence-electron chi connectivity index (χ3n) is 2.76. The normalized spacial score (nSPS) is 10.3. The molecule has 22 heavy (non-hydrogen) atoms. The quantitative estimate of drug-likeness (QED) is 0.638. The van der Waals surface area contributed by atoms with Crippen LogP contribution in [0.5, 0.6) is 0 Å². The summed E-state index contributed by atoms with van der Waals surface area (Å²) >= 11 is 1.06. The van der Waals surface area contributed by atoms with Gasteiger partial charge in [-0.3, -0.25) is 19.4 Å². The summed E-state index contributed by atoms with van der Waals surface area (Å²) in [4.78, 5) is 37.3. The van der Waals surface area contributed by atoms with Gasteiger partial charge in [-0.2, -0.15) is 0 Å². The summed E-state index contributed by atoms with van der Waals surface area (Å²) in [7, 11) is 0. The maximum absolute atomic E-state index is 11.9.